The molecular formula is C21H24O5. The summed E-state index contributed by atoms with van der Waals surface area (Å²) in [5.41, 5.74) is 2.09. The number of aliphatic hydroxyl groups is 1. The fourth-order valence-electron chi connectivity index (χ4n) is 2.70. The number of hydrogen-bond donors (Lipinski definition) is 1. The molecule has 5 nitrogen and oxygen atoms in total. The number of ether oxygens (including phenoxy) is 4. The Hall–Kier alpha value is -2.34. The van der Waals surface area contributed by atoms with E-state index in [4.69, 9.17) is 18.9 Å². The molecule has 0 fully saturated rings. The predicted octanol–water partition coefficient (Wildman–Crippen LogP) is 3.07. The number of aliphatic hydroxyl groups excluding tert-OH is 1. The van der Waals surface area contributed by atoms with E-state index in [2.05, 4.69) is 0 Å². The van der Waals surface area contributed by atoms with Gasteiger partial charge in [-0.05, 0) is 29.3 Å². The van der Waals surface area contributed by atoms with Gasteiger partial charge in [0.2, 0.25) is 0 Å². The first-order valence-electron chi connectivity index (χ1n) is 8.62. The zero-order chi connectivity index (χ0) is 18.2. The van der Waals surface area contributed by atoms with Crippen LogP contribution < -0.4 is 4.74 Å². The number of rotatable bonds is 8. The molecule has 3 rings (SSSR count). The van der Waals surface area contributed by atoms with Gasteiger partial charge in [-0.15, -0.1) is 0 Å². The zero-order valence-corrected chi connectivity index (χ0v) is 14.8. The van der Waals surface area contributed by atoms with E-state index < -0.39 is 18.3 Å². The molecule has 1 aliphatic rings. The van der Waals surface area contributed by atoms with Gasteiger partial charge >= 0.3 is 0 Å². The second kappa shape index (κ2) is 9.38. The van der Waals surface area contributed by atoms with Crippen LogP contribution in [0.25, 0.3) is 0 Å². The second-order valence-electron chi connectivity index (χ2n) is 6.12. The van der Waals surface area contributed by atoms with Gasteiger partial charge in [-0.3, -0.25) is 0 Å². The van der Waals surface area contributed by atoms with Crippen molar-refractivity contribution in [3.63, 3.8) is 0 Å². The Kier molecular flexibility index (Phi) is 6.66. The smallest absolute Gasteiger partial charge is 0.150 e. The summed E-state index contributed by atoms with van der Waals surface area (Å²) < 4.78 is 22.1. The molecule has 2 aromatic rings. The third kappa shape index (κ3) is 5.08. The van der Waals surface area contributed by atoms with E-state index in [0.29, 0.717) is 13.2 Å². The van der Waals surface area contributed by atoms with E-state index in [1.807, 2.05) is 54.6 Å². The van der Waals surface area contributed by atoms with E-state index in [-0.39, 0.29) is 6.61 Å². The van der Waals surface area contributed by atoms with Crippen LogP contribution in [0.4, 0.5) is 0 Å². The second-order valence-corrected chi connectivity index (χ2v) is 6.12. The molecule has 1 N–H and O–H groups in total. The third-order valence-electron chi connectivity index (χ3n) is 4.23. The van der Waals surface area contributed by atoms with E-state index in [1.54, 1.807) is 19.4 Å². The van der Waals surface area contributed by atoms with Crippen molar-refractivity contribution in [2.45, 2.75) is 31.5 Å². The maximum atomic E-state index is 10.5. The average molecular weight is 356 g/mol. The standard InChI is InChI=1S/C21H24O5/c1-23-18-9-7-17(8-10-18)13-24-15-20-21(22)19(11-12-25-20)26-14-16-5-3-2-4-6-16/h2-12,19-22H,13-15H2,1H3/t19-,20-,21+/m1/s1. The minimum absolute atomic E-state index is 0.280. The fourth-order valence-corrected chi connectivity index (χ4v) is 2.70. The lowest BCUT2D eigenvalue weighted by molar-refractivity contribution is -0.116. The molecule has 0 saturated carbocycles. The highest BCUT2D eigenvalue weighted by Gasteiger charge is 2.31. The number of methoxy groups -OCH3 is 1. The average Bonchev–Trinajstić information content (AvgIpc) is 2.69. The van der Waals surface area contributed by atoms with Crippen molar-refractivity contribution in [1.29, 1.82) is 0 Å². The predicted molar refractivity (Wildman–Crippen MR) is 97.7 cm³/mol. The van der Waals surface area contributed by atoms with Crippen LogP contribution in [-0.4, -0.2) is 37.1 Å². The molecule has 0 spiro atoms. The molecule has 0 amide bonds. The highest BCUT2D eigenvalue weighted by atomic mass is 16.6. The lowest BCUT2D eigenvalue weighted by Crippen LogP contribution is -2.44. The molecule has 2 aromatic carbocycles. The Balaban J connectivity index is 1.45. The van der Waals surface area contributed by atoms with Crippen LogP contribution in [0.1, 0.15) is 11.1 Å². The Morgan fingerprint density at radius 2 is 1.69 bits per heavy atom. The molecule has 138 valence electrons. The van der Waals surface area contributed by atoms with Gasteiger partial charge in [-0.25, -0.2) is 0 Å². The van der Waals surface area contributed by atoms with E-state index in [9.17, 15) is 5.11 Å². The maximum Gasteiger partial charge on any atom is 0.150 e. The summed E-state index contributed by atoms with van der Waals surface area (Å²) in [6.45, 7) is 1.16. The molecule has 0 saturated heterocycles. The zero-order valence-electron chi connectivity index (χ0n) is 14.8. The van der Waals surface area contributed by atoms with Crippen molar-refractivity contribution in [3.8, 4) is 5.75 Å². The minimum Gasteiger partial charge on any atom is -0.497 e. The van der Waals surface area contributed by atoms with E-state index >= 15 is 0 Å². The van der Waals surface area contributed by atoms with Crippen molar-refractivity contribution in [1.82, 2.24) is 0 Å². The van der Waals surface area contributed by atoms with Crippen molar-refractivity contribution in [2.24, 2.45) is 0 Å². The van der Waals surface area contributed by atoms with Crippen LogP contribution in [0, 0.1) is 0 Å². The van der Waals surface area contributed by atoms with Crippen LogP contribution in [0.5, 0.6) is 5.75 Å². The summed E-state index contributed by atoms with van der Waals surface area (Å²) in [5, 5.41) is 10.5. The molecule has 0 aliphatic carbocycles. The summed E-state index contributed by atoms with van der Waals surface area (Å²) in [5.74, 6) is 0.809. The molecule has 0 radical (unpaired) electrons. The first-order chi connectivity index (χ1) is 12.8. The summed E-state index contributed by atoms with van der Waals surface area (Å²) >= 11 is 0. The first-order valence-corrected chi connectivity index (χ1v) is 8.62. The van der Waals surface area contributed by atoms with Crippen LogP contribution in [0.2, 0.25) is 0 Å². The Morgan fingerprint density at radius 1 is 0.962 bits per heavy atom. The highest BCUT2D eigenvalue weighted by Crippen LogP contribution is 2.18. The van der Waals surface area contributed by atoms with Crippen molar-refractivity contribution in [2.75, 3.05) is 13.7 Å². The molecule has 0 aromatic heterocycles. The first kappa shape index (κ1) is 18.5. The van der Waals surface area contributed by atoms with E-state index in [0.717, 1.165) is 16.9 Å². The molecular weight excluding hydrogens is 332 g/mol. The molecule has 5 heteroatoms. The summed E-state index contributed by atoms with van der Waals surface area (Å²) in [6.07, 6.45) is 1.65. The van der Waals surface area contributed by atoms with Crippen LogP contribution in [-0.2, 0) is 27.4 Å². The van der Waals surface area contributed by atoms with Gasteiger partial charge in [0, 0.05) is 0 Å². The van der Waals surface area contributed by atoms with Gasteiger partial charge in [-0.1, -0.05) is 42.5 Å². The normalized spacial score (nSPS) is 22.0. The summed E-state index contributed by atoms with van der Waals surface area (Å²) in [4.78, 5) is 0. The summed E-state index contributed by atoms with van der Waals surface area (Å²) in [7, 11) is 1.64. The molecule has 1 aliphatic heterocycles. The monoisotopic (exact) mass is 356 g/mol. The van der Waals surface area contributed by atoms with Gasteiger partial charge in [0.05, 0.1) is 33.2 Å². The maximum absolute atomic E-state index is 10.5. The van der Waals surface area contributed by atoms with Gasteiger partial charge in [0.15, 0.2) is 0 Å². The molecule has 0 unspecified atom stereocenters. The van der Waals surface area contributed by atoms with Gasteiger partial charge in [0.25, 0.3) is 0 Å². The summed E-state index contributed by atoms with van der Waals surface area (Å²) in [6, 6.07) is 17.5. The Morgan fingerprint density at radius 3 is 2.42 bits per heavy atom. The quantitative estimate of drug-likeness (QED) is 0.788. The third-order valence-corrected chi connectivity index (χ3v) is 4.23. The lowest BCUT2D eigenvalue weighted by atomic mass is 10.1. The topological polar surface area (TPSA) is 57.2 Å². The highest BCUT2D eigenvalue weighted by molar-refractivity contribution is 5.26. The van der Waals surface area contributed by atoms with Crippen molar-refractivity contribution >= 4 is 0 Å². The van der Waals surface area contributed by atoms with Gasteiger partial charge in [0.1, 0.15) is 24.1 Å². The van der Waals surface area contributed by atoms with Gasteiger partial charge < -0.3 is 24.1 Å². The van der Waals surface area contributed by atoms with Gasteiger partial charge in [-0.2, -0.15) is 0 Å². The lowest BCUT2D eigenvalue weighted by Gasteiger charge is -2.31. The minimum atomic E-state index is -0.778. The number of benzene rings is 2. The Labute approximate surface area is 153 Å². The van der Waals surface area contributed by atoms with Crippen LogP contribution >= 0.6 is 0 Å². The number of hydrogen-bond acceptors (Lipinski definition) is 5. The molecule has 0 bridgehead atoms. The van der Waals surface area contributed by atoms with Crippen LogP contribution in [0.15, 0.2) is 66.9 Å². The van der Waals surface area contributed by atoms with Crippen molar-refractivity contribution in [3.05, 3.63) is 78.1 Å². The molecule has 1 heterocycles. The van der Waals surface area contributed by atoms with Crippen molar-refractivity contribution < 1.29 is 24.1 Å². The van der Waals surface area contributed by atoms with E-state index in [1.165, 1.54) is 0 Å². The fraction of sp³-hybridized carbons (Fsp3) is 0.333. The molecule has 3 atom stereocenters. The largest absolute Gasteiger partial charge is 0.497 e. The Bertz CT molecular complexity index is 683. The SMILES string of the molecule is COc1ccc(COC[C@H]2OC=C[C@@H](OCc3ccccc3)[C@@H]2O)cc1. The molecule has 26 heavy (non-hydrogen) atoms. The van der Waals surface area contributed by atoms with Crippen LogP contribution in [0.3, 0.4) is 0 Å².